The topological polar surface area (TPSA) is 20.3 Å². The SMILES string of the molecule is C=CN(C(=C)C)C(C)=O. The van der Waals surface area contributed by atoms with Gasteiger partial charge in [-0.3, -0.25) is 9.69 Å². The Kier molecular flexibility index (Phi) is 2.71. The molecule has 0 fully saturated rings. The summed E-state index contributed by atoms with van der Waals surface area (Å²) in [4.78, 5) is 12.0. The zero-order chi connectivity index (χ0) is 7.44. The lowest BCUT2D eigenvalue weighted by atomic mass is 10.4. The predicted molar refractivity (Wildman–Crippen MR) is 37.5 cm³/mol. The van der Waals surface area contributed by atoms with Gasteiger partial charge in [0.2, 0.25) is 5.91 Å². The van der Waals surface area contributed by atoms with Gasteiger partial charge >= 0.3 is 0 Å². The number of hydrogen-bond acceptors (Lipinski definition) is 1. The van der Waals surface area contributed by atoms with E-state index in [1.54, 1.807) is 6.92 Å². The van der Waals surface area contributed by atoms with Crippen molar-refractivity contribution in [2.45, 2.75) is 13.8 Å². The monoisotopic (exact) mass is 125 g/mol. The number of hydrogen-bond donors (Lipinski definition) is 0. The van der Waals surface area contributed by atoms with Crippen molar-refractivity contribution in [3.8, 4) is 0 Å². The first-order valence-electron chi connectivity index (χ1n) is 2.67. The predicted octanol–water partition coefficient (Wildman–Crippen LogP) is 1.51. The quantitative estimate of drug-likeness (QED) is 0.547. The molecule has 0 aromatic heterocycles. The molecule has 0 N–H and O–H groups in total. The molecular formula is C7H11NO. The average Bonchev–Trinajstić information content (AvgIpc) is 1.64. The van der Waals surface area contributed by atoms with Crippen LogP contribution in [0.5, 0.6) is 0 Å². The first-order valence-corrected chi connectivity index (χ1v) is 2.67. The van der Waals surface area contributed by atoms with Gasteiger partial charge in [0.05, 0.1) is 0 Å². The van der Waals surface area contributed by atoms with Gasteiger partial charge in [-0.2, -0.15) is 0 Å². The van der Waals surface area contributed by atoms with Crippen molar-refractivity contribution in [3.63, 3.8) is 0 Å². The summed E-state index contributed by atoms with van der Waals surface area (Å²) in [7, 11) is 0. The molecule has 0 aliphatic carbocycles. The van der Waals surface area contributed by atoms with E-state index in [0.717, 1.165) is 0 Å². The number of rotatable bonds is 2. The molecule has 1 amide bonds. The average molecular weight is 125 g/mol. The minimum Gasteiger partial charge on any atom is -0.293 e. The second-order valence-electron chi connectivity index (χ2n) is 1.81. The van der Waals surface area contributed by atoms with E-state index in [0.29, 0.717) is 5.70 Å². The van der Waals surface area contributed by atoms with E-state index >= 15 is 0 Å². The lowest BCUT2D eigenvalue weighted by Crippen LogP contribution is -2.19. The zero-order valence-corrected chi connectivity index (χ0v) is 5.85. The van der Waals surface area contributed by atoms with E-state index in [1.807, 2.05) is 0 Å². The Balaban J connectivity index is 4.16. The molecule has 0 saturated heterocycles. The normalized spacial score (nSPS) is 8.22. The zero-order valence-electron chi connectivity index (χ0n) is 5.85. The van der Waals surface area contributed by atoms with Crippen LogP contribution in [0.15, 0.2) is 25.1 Å². The highest BCUT2D eigenvalue weighted by Gasteiger charge is 2.01. The van der Waals surface area contributed by atoms with Gasteiger partial charge in [-0.05, 0) is 6.92 Å². The third kappa shape index (κ3) is 2.13. The van der Waals surface area contributed by atoms with Gasteiger partial charge in [-0.25, -0.2) is 0 Å². The first-order chi connectivity index (χ1) is 4.09. The fourth-order valence-corrected chi connectivity index (χ4v) is 0.553. The fourth-order valence-electron chi connectivity index (χ4n) is 0.553. The Morgan fingerprint density at radius 2 is 2.00 bits per heavy atom. The molecule has 0 heterocycles. The number of nitrogens with zero attached hydrogens (tertiary/aromatic N) is 1. The number of carbonyl (C=O) groups is 1. The van der Waals surface area contributed by atoms with Gasteiger partial charge < -0.3 is 0 Å². The van der Waals surface area contributed by atoms with Crippen LogP contribution >= 0.6 is 0 Å². The van der Waals surface area contributed by atoms with Gasteiger partial charge in [0, 0.05) is 18.8 Å². The summed E-state index contributed by atoms with van der Waals surface area (Å²) in [6.45, 7) is 10.3. The first kappa shape index (κ1) is 7.95. The third-order valence-corrected chi connectivity index (χ3v) is 0.933. The smallest absolute Gasteiger partial charge is 0.227 e. The van der Waals surface area contributed by atoms with Gasteiger partial charge in [0.25, 0.3) is 0 Å². The summed E-state index contributed by atoms with van der Waals surface area (Å²) in [6, 6.07) is 0. The molecule has 0 bridgehead atoms. The van der Waals surface area contributed by atoms with Crippen LogP contribution in [0.3, 0.4) is 0 Å². The maximum absolute atomic E-state index is 10.6. The van der Waals surface area contributed by atoms with E-state index in [1.165, 1.54) is 18.0 Å². The summed E-state index contributed by atoms with van der Waals surface area (Å²) in [6.07, 6.45) is 1.45. The van der Waals surface area contributed by atoms with Gasteiger partial charge in [-0.1, -0.05) is 13.2 Å². The Bertz CT molecular complexity index is 135. The van der Waals surface area contributed by atoms with E-state index in [-0.39, 0.29) is 5.91 Å². The van der Waals surface area contributed by atoms with E-state index in [2.05, 4.69) is 13.2 Å². The van der Waals surface area contributed by atoms with Crippen molar-refractivity contribution >= 4 is 5.91 Å². The standard InChI is InChI=1S/C7H11NO/c1-5-8(6(2)3)7(4)9/h5H,1-2H2,3-4H3. The molecular weight excluding hydrogens is 114 g/mol. The van der Waals surface area contributed by atoms with Crippen molar-refractivity contribution in [1.82, 2.24) is 4.90 Å². The maximum atomic E-state index is 10.6. The Hall–Kier alpha value is -1.05. The molecule has 0 saturated carbocycles. The minimum atomic E-state index is -0.0579. The third-order valence-electron chi connectivity index (χ3n) is 0.933. The maximum Gasteiger partial charge on any atom is 0.227 e. The number of carbonyl (C=O) groups excluding carboxylic acids is 1. The number of amides is 1. The lowest BCUT2D eigenvalue weighted by Gasteiger charge is -2.13. The minimum absolute atomic E-state index is 0.0579. The molecule has 50 valence electrons. The molecule has 2 nitrogen and oxygen atoms in total. The molecule has 0 atom stereocenters. The molecule has 0 radical (unpaired) electrons. The Morgan fingerprint density at radius 3 is 2.00 bits per heavy atom. The van der Waals surface area contributed by atoms with Crippen LogP contribution < -0.4 is 0 Å². The summed E-state index contributed by atoms with van der Waals surface area (Å²) >= 11 is 0. The summed E-state index contributed by atoms with van der Waals surface area (Å²) in [5.74, 6) is -0.0579. The molecule has 0 unspecified atom stereocenters. The van der Waals surface area contributed by atoms with Crippen LogP contribution in [0.1, 0.15) is 13.8 Å². The van der Waals surface area contributed by atoms with Crippen LogP contribution in [0.2, 0.25) is 0 Å². The Labute approximate surface area is 55.5 Å². The largest absolute Gasteiger partial charge is 0.293 e. The molecule has 0 aliphatic rings. The highest BCUT2D eigenvalue weighted by Crippen LogP contribution is 1.99. The van der Waals surface area contributed by atoms with Crippen molar-refractivity contribution in [1.29, 1.82) is 0 Å². The molecule has 0 rings (SSSR count). The van der Waals surface area contributed by atoms with Crippen LogP contribution in [-0.2, 0) is 4.79 Å². The summed E-state index contributed by atoms with van der Waals surface area (Å²) < 4.78 is 0. The molecule has 9 heavy (non-hydrogen) atoms. The highest BCUT2D eigenvalue weighted by molar-refractivity contribution is 5.76. The molecule has 2 heteroatoms. The second kappa shape index (κ2) is 3.07. The van der Waals surface area contributed by atoms with Gasteiger partial charge in [0.15, 0.2) is 0 Å². The summed E-state index contributed by atoms with van der Waals surface area (Å²) in [5, 5.41) is 0. The van der Waals surface area contributed by atoms with E-state index in [9.17, 15) is 4.79 Å². The van der Waals surface area contributed by atoms with Crippen molar-refractivity contribution in [2.75, 3.05) is 0 Å². The molecule has 0 aromatic rings. The Morgan fingerprint density at radius 1 is 1.56 bits per heavy atom. The van der Waals surface area contributed by atoms with Gasteiger partial charge in [-0.15, -0.1) is 0 Å². The summed E-state index contributed by atoms with van der Waals surface area (Å²) in [5.41, 5.74) is 0.692. The van der Waals surface area contributed by atoms with E-state index < -0.39 is 0 Å². The van der Waals surface area contributed by atoms with Crippen molar-refractivity contribution in [3.05, 3.63) is 25.1 Å². The second-order valence-corrected chi connectivity index (χ2v) is 1.81. The molecule has 0 spiro atoms. The van der Waals surface area contributed by atoms with Crippen LogP contribution in [-0.4, -0.2) is 10.8 Å². The van der Waals surface area contributed by atoms with Crippen LogP contribution in [0.4, 0.5) is 0 Å². The van der Waals surface area contributed by atoms with Gasteiger partial charge in [0.1, 0.15) is 0 Å². The number of allylic oxidation sites excluding steroid dienone is 1. The van der Waals surface area contributed by atoms with Crippen LogP contribution in [0.25, 0.3) is 0 Å². The fraction of sp³-hybridized carbons (Fsp3) is 0.286. The molecule has 0 aromatic carbocycles. The molecule has 0 aliphatic heterocycles. The lowest BCUT2D eigenvalue weighted by molar-refractivity contribution is -0.124. The highest BCUT2D eigenvalue weighted by atomic mass is 16.2. The van der Waals surface area contributed by atoms with Crippen molar-refractivity contribution < 1.29 is 4.79 Å². The van der Waals surface area contributed by atoms with Crippen LogP contribution in [0, 0.1) is 0 Å². The van der Waals surface area contributed by atoms with Crippen molar-refractivity contribution in [2.24, 2.45) is 0 Å². The van der Waals surface area contributed by atoms with E-state index in [4.69, 9.17) is 0 Å².